The quantitative estimate of drug-likeness (QED) is 0.780. The highest BCUT2D eigenvalue weighted by Crippen LogP contribution is 2.31. The number of nitrogens with zero attached hydrogens (tertiary/aromatic N) is 2. The second-order valence-electron chi connectivity index (χ2n) is 7.15. The molecule has 2 aliphatic rings. The Morgan fingerprint density at radius 3 is 2.61 bits per heavy atom. The van der Waals surface area contributed by atoms with E-state index in [0.717, 1.165) is 30.5 Å². The van der Waals surface area contributed by atoms with E-state index in [-0.39, 0.29) is 23.5 Å². The number of nitrogens with one attached hydrogen (secondary N) is 1. The maximum Gasteiger partial charge on any atom is 0.337 e. The molecule has 0 saturated carbocycles. The van der Waals surface area contributed by atoms with Gasteiger partial charge in [-0.1, -0.05) is 0 Å². The largest absolute Gasteiger partial charge is 0.465 e. The van der Waals surface area contributed by atoms with Gasteiger partial charge in [0.2, 0.25) is 0 Å². The summed E-state index contributed by atoms with van der Waals surface area (Å²) in [5, 5.41) is 7.42. The number of aromatic nitrogens is 2. The Balaban J connectivity index is 1.61. The lowest BCUT2D eigenvalue weighted by molar-refractivity contribution is 0.0600. The highest BCUT2D eigenvalue weighted by molar-refractivity contribution is 7.91. The lowest BCUT2D eigenvalue weighted by atomic mass is 10.1. The number of carbonyl (C=O) groups excluding carboxylic acids is 2. The molecule has 148 valence electrons. The Bertz CT molecular complexity index is 1040. The van der Waals surface area contributed by atoms with Gasteiger partial charge in [0, 0.05) is 11.3 Å². The molecule has 0 spiro atoms. The molecule has 1 aromatic heterocycles. The predicted molar refractivity (Wildman–Crippen MR) is 102 cm³/mol. The Kier molecular flexibility index (Phi) is 4.70. The van der Waals surface area contributed by atoms with Crippen LogP contribution in [0.3, 0.4) is 0 Å². The summed E-state index contributed by atoms with van der Waals surface area (Å²) in [5.41, 5.74) is 3.17. The van der Waals surface area contributed by atoms with Crippen molar-refractivity contribution in [3.63, 3.8) is 0 Å². The normalized spacial score (nSPS) is 20.0. The fraction of sp³-hybridized carbons (Fsp3) is 0.421. The fourth-order valence-electron chi connectivity index (χ4n) is 3.88. The SMILES string of the molecule is COC(=O)c1ccc(NC(=O)c2c3c(nn2[C@H]2CCS(=O)(=O)C2)CCC3)cc1. The molecule has 2 aromatic rings. The number of sulfone groups is 1. The van der Waals surface area contributed by atoms with Crippen LogP contribution < -0.4 is 5.32 Å². The van der Waals surface area contributed by atoms with E-state index in [2.05, 4.69) is 15.2 Å². The molecule has 4 rings (SSSR count). The van der Waals surface area contributed by atoms with E-state index in [0.29, 0.717) is 23.4 Å². The van der Waals surface area contributed by atoms with E-state index >= 15 is 0 Å². The average Bonchev–Trinajstić information content (AvgIpc) is 3.35. The lowest BCUT2D eigenvalue weighted by Gasteiger charge is -2.15. The third-order valence-corrected chi connectivity index (χ3v) is 7.02. The number of amides is 1. The number of rotatable bonds is 4. The van der Waals surface area contributed by atoms with Gasteiger partial charge < -0.3 is 10.1 Å². The van der Waals surface area contributed by atoms with Gasteiger partial charge in [0.1, 0.15) is 5.69 Å². The van der Waals surface area contributed by atoms with Crippen molar-refractivity contribution >= 4 is 27.4 Å². The number of esters is 1. The maximum absolute atomic E-state index is 13.0. The van der Waals surface area contributed by atoms with Crippen molar-refractivity contribution in [2.24, 2.45) is 0 Å². The molecule has 1 amide bonds. The zero-order chi connectivity index (χ0) is 19.9. The Labute approximate surface area is 162 Å². The minimum atomic E-state index is -3.09. The molecule has 1 aliphatic carbocycles. The molecule has 8 nitrogen and oxygen atoms in total. The molecule has 1 atom stereocenters. The van der Waals surface area contributed by atoms with E-state index < -0.39 is 15.8 Å². The third-order valence-electron chi connectivity index (χ3n) is 5.27. The molecule has 1 aromatic carbocycles. The number of hydrogen-bond donors (Lipinski definition) is 1. The number of ether oxygens (including phenoxy) is 1. The summed E-state index contributed by atoms with van der Waals surface area (Å²) < 4.78 is 30.1. The highest BCUT2D eigenvalue weighted by atomic mass is 32.2. The average molecular weight is 403 g/mol. The zero-order valence-corrected chi connectivity index (χ0v) is 16.3. The standard InChI is InChI=1S/C19H21N3O5S/c1-27-19(24)12-5-7-13(8-6-12)20-18(23)17-15-3-2-4-16(15)21-22(17)14-9-10-28(25,26)11-14/h5-8,14H,2-4,9-11H2,1H3,(H,20,23)/t14-/m0/s1. The maximum atomic E-state index is 13.0. The monoisotopic (exact) mass is 403 g/mol. The van der Waals surface area contributed by atoms with Crippen LogP contribution in [0.15, 0.2) is 24.3 Å². The van der Waals surface area contributed by atoms with Crippen LogP contribution in [-0.2, 0) is 27.4 Å². The topological polar surface area (TPSA) is 107 Å². The van der Waals surface area contributed by atoms with Crippen molar-refractivity contribution in [2.75, 3.05) is 23.9 Å². The van der Waals surface area contributed by atoms with Crippen molar-refractivity contribution < 1.29 is 22.7 Å². The number of aryl methyl sites for hydroxylation is 1. The Morgan fingerprint density at radius 2 is 1.96 bits per heavy atom. The van der Waals surface area contributed by atoms with Gasteiger partial charge in [-0.05, 0) is 49.9 Å². The predicted octanol–water partition coefficient (Wildman–Crippen LogP) is 1.77. The second kappa shape index (κ2) is 7.05. The van der Waals surface area contributed by atoms with Gasteiger partial charge in [-0.2, -0.15) is 5.10 Å². The van der Waals surface area contributed by atoms with Crippen molar-refractivity contribution in [3.05, 3.63) is 46.8 Å². The molecule has 1 fully saturated rings. The van der Waals surface area contributed by atoms with E-state index in [1.807, 2.05) is 0 Å². The summed E-state index contributed by atoms with van der Waals surface area (Å²) in [6, 6.07) is 6.11. The van der Waals surface area contributed by atoms with E-state index in [4.69, 9.17) is 0 Å². The number of anilines is 1. The van der Waals surface area contributed by atoms with E-state index in [9.17, 15) is 18.0 Å². The highest BCUT2D eigenvalue weighted by Gasteiger charge is 2.35. The molecular weight excluding hydrogens is 382 g/mol. The van der Waals surface area contributed by atoms with Crippen LogP contribution in [0.25, 0.3) is 0 Å². The Hall–Kier alpha value is -2.68. The summed E-state index contributed by atoms with van der Waals surface area (Å²) in [4.78, 5) is 24.6. The second-order valence-corrected chi connectivity index (χ2v) is 9.38. The van der Waals surface area contributed by atoms with Crippen LogP contribution >= 0.6 is 0 Å². The van der Waals surface area contributed by atoms with Gasteiger partial charge in [0.25, 0.3) is 5.91 Å². The van der Waals surface area contributed by atoms with Crippen LogP contribution in [-0.4, -0.2) is 48.7 Å². The minimum absolute atomic E-state index is 0.0155. The summed E-state index contributed by atoms with van der Waals surface area (Å²) in [6.07, 6.45) is 2.97. The first-order valence-corrected chi connectivity index (χ1v) is 11.0. The summed E-state index contributed by atoms with van der Waals surface area (Å²) >= 11 is 0. The first kappa shape index (κ1) is 18.7. The van der Waals surface area contributed by atoms with E-state index in [1.54, 1.807) is 28.9 Å². The molecule has 28 heavy (non-hydrogen) atoms. The van der Waals surface area contributed by atoms with Crippen molar-refractivity contribution in [3.8, 4) is 0 Å². The molecule has 0 unspecified atom stereocenters. The number of hydrogen-bond acceptors (Lipinski definition) is 6. The molecular formula is C19H21N3O5S. The number of methoxy groups -OCH3 is 1. The van der Waals surface area contributed by atoms with Gasteiger partial charge in [-0.15, -0.1) is 0 Å². The zero-order valence-electron chi connectivity index (χ0n) is 15.5. The van der Waals surface area contributed by atoms with Crippen LogP contribution in [0.1, 0.15) is 51.0 Å². The summed E-state index contributed by atoms with van der Waals surface area (Å²) in [6.45, 7) is 0. The van der Waals surface area contributed by atoms with Gasteiger partial charge >= 0.3 is 5.97 Å². The van der Waals surface area contributed by atoms with Crippen LogP contribution in [0.5, 0.6) is 0 Å². The minimum Gasteiger partial charge on any atom is -0.465 e. The Morgan fingerprint density at radius 1 is 1.21 bits per heavy atom. The van der Waals surface area contributed by atoms with Crippen LogP contribution in [0.4, 0.5) is 5.69 Å². The first-order valence-electron chi connectivity index (χ1n) is 9.18. The first-order chi connectivity index (χ1) is 13.4. The number of carbonyl (C=O) groups is 2. The van der Waals surface area contributed by atoms with Crippen molar-refractivity contribution in [1.82, 2.24) is 9.78 Å². The fourth-order valence-corrected chi connectivity index (χ4v) is 5.57. The molecule has 9 heteroatoms. The van der Waals surface area contributed by atoms with Crippen LogP contribution in [0.2, 0.25) is 0 Å². The number of benzene rings is 1. The van der Waals surface area contributed by atoms with Crippen molar-refractivity contribution in [1.29, 1.82) is 0 Å². The molecule has 1 aliphatic heterocycles. The van der Waals surface area contributed by atoms with Gasteiger partial charge in [-0.25, -0.2) is 13.2 Å². The molecule has 1 saturated heterocycles. The molecule has 2 heterocycles. The van der Waals surface area contributed by atoms with Crippen molar-refractivity contribution in [2.45, 2.75) is 31.7 Å². The van der Waals surface area contributed by atoms with Gasteiger partial charge in [-0.3, -0.25) is 9.48 Å². The smallest absolute Gasteiger partial charge is 0.337 e. The third kappa shape index (κ3) is 3.42. The molecule has 0 radical (unpaired) electrons. The van der Waals surface area contributed by atoms with E-state index in [1.165, 1.54) is 7.11 Å². The molecule has 0 bridgehead atoms. The summed E-state index contributed by atoms with van der Waals surface area (Å²) in [5.74, 6) is -0.623. The number of fused-ring (bicyclic) bond motifs is 1. The van der Waals surface area contributed by atoms with Crippen LogP contribution in [0, 0.1) is 0 Å². The summed E-state index contributed by atoms with van der Waals surface area (Å²) in [7, 11) is -1.78. The van der Waals surface area contributed by atoms with Gasteiger partial charge in [0.05, 0.1) is 35.9 Å². The van der Waals surface area contributed by atoms with Gasteiger partial charge in [0.15, 0.2) is 9.84 Å². The molecule has 1 N–H and O–H groups in total. The lowest BCUT2D eigenvalue weighted by Crippen LogP contribution is -2.23.